The van der Waals surface area contributed by atoms with Gasteiger partial charge in [0.15, 0.2) is 0 Å². The van der Waals surface area contributed by atoms with Crippen LogP contribution in [-0.4, -0.2) is 42.2 Å². The number of thioether (sulfide) groups is 1. The van der Waals surface area contributed by atoms with E-state index in [0.717, 1.165) is 17.1 Å². The summed E-state index contributed by atoms with van der Waals surface area (Å²) in [5.41, 5.74) is 2.12. The van der Waals surface area contributed by atoms with Crippen molar-refractivity contribution in [1.82, 2.24) is 10.2 Å². The smallest absolute Gasteiger partial charge is 0.242 e. The quantitative estimate of drug-likeness (QED) is 0.525. The first kappa shape index (κ1) is 24.8. The Labute approximate surface area is 190 Å². The molecule has 1 atom stereocenters. The van der Waals surface area contributed by atoms with Gasteiger partial charge in [0.25, 0.3) is 0 Å². The summed E-state index contributed by atoms with van der Waals surface area (Å²) in [5, 5.41) is 2.99. The van der Waals surface area contributed by atoms with Gasteiger partial charge in [0.1, 0.15) is 11.8 Å². The zero-order valence-electron chi connectivity index (χ0n) is 19.0. The first-order valence-electron chi connectivity index (χ1n) is 10.8. The highest BCUT2D eigenvalue weighted by Crippen LogP contribution is 2.19. The van der Waals surface area contributed by atoms with Crippen LogP contribution >= 0.6 is 11.8 Å². The molecule has 31 heavy (non-hydrogen) atoms. The van der Waals surface area contributed by atoms with Crippen LogP contribution in [0.3, 0.4) is 0 Å². The monoisotopic (exact) mass is 442 g/mol. The lowest BCUT2D eigenvalue weighted by molar-refractivity contribution is -0.139. The molecule has 6 heteroatoms. The first-order chi connectivity index (χ1) is 14.9. The van der Waals surface area contributed by atoms with Crippen LogP contribution in [0.15, 0.2) is 54.6 Å². The van der Waals surface area contributed by atoms with Crippen LogP contribution in [0.25, 0.3) is 0 Å². The van der Waals surface area contributed by atoms with Crippen LogP contribution in [0.4, 0.5) is 0 Å². The summed E-state index contributed by atoms with van der Waals surface area (Å²) in [6.07, 6.45) is 0.559. The molecule has 2 aromatic rings. The number of hydrogen-bond acceptors (Lipinski definition) is 4. The minimum atomic E-state index is -0.505. The predicted molar refractivity (Wildman–Crippen MR) is 128 cm³/mol. The van der Waals surface area contributed by atoms with Crippen molar-refractivity contribution in [3.8, 4) is 5.75 Å². The molecule has 2 rings (SSSR count). The Balaban J connectivity index is 2.14. The van der Waals surface area contributed by atoms with Crippen LogP contribution in [0.1, 0.15) is 38.3 Å². The summed E-state index contributed by atoms with van der Waals surface area (Å²) in [6.45, 7) is 7.03. The number of nitrogens with zero attached hydrogens (tertiary/aromatic N) is 1. The lowest BCUT2D eigenvalue weighted by Crippen LogP contribution is -2.50. The second-order valence-electron chi connectivity index (χ2n) is 7.91. The highest BCUT2D eigenvalue weighted by atomic mass is 32.2. The molecule has 2 aromatic carbocycles. The lowest BCUT2D eigenvalue weighted by Gasteiger charge is -2.31. The molecule has 0 fully saturated rings. The molecule has 168 valence electrons. The molecule has 0 aromatic heterocycles. The average Bonchev–Trinajstić information content (AvgIpc) is 2.78. The van der Waals surface area contributed by atoms with Crippen LogP contribution in [0.2, 0.25) is 0 Å². The SMILES string of the molecule is CC[C@@H](C(=O)NCC(C)C)N(Cc1cccc(OC)c1)C(=O)CSCc1ccccc1. The molecule has 1 N–H and O–H groups in total. The number of carbonyl (C=O) groups excluding carboxylic acids is 2. The number of hydrogen-bond donors (Lipinski definition) is 1. The van der Waals surface area contributed by atoms with Gasteiger partial charge in [-0.25, -0.2) is 0 Å². The van der Waals surface area contributed by atoms with Gasteiger partial charge in [0, 0.05) is 18.8 Å². The Morgan fingerprint density at radius 2 is 1.77 bits per heavy atom. The van der Waals surface area contributed by atoms with Crippen molar-refractivity contribution in [2.45, 2.75) is 45.5 Å². The maximum absolute atomic E-state index is 13.2. The second kappa shape index (κ2) is 13.1. The maximum atomic E-state index is 13.2. The predicted octanol–water partition coefficient (Wildman–Crippen LogP) is 4.51. The van der Waals surface area contributed by atoms with Gasteiger partial charge < -0.3 is 15.0 Å². The van der Waals surface area contributed by atoms with E-state index in [1.807, 2.05) is 49.4 Å². The van der Waals surface area contributed by atoms with E-state index in [4.69, 9.17) is 4.74 Å². The molecule has 0 saturated carbocycles. The van der Waals surface area contributed by atoms with E-state index in [0.29, 0.717) is 31.2 Å². The van der Waals surface area contributed by atoms with Gasteiger partial charge in [-0.2, -0.15) is 0 Å². The zero-order chi connectivity index (χ0) is 22.6. The van der Waals surface area contributed by atoms with Crippen molar-refractivity contribution in [2.24, 2.45) is 5.92 Å². The summed E-state index contributed by atoms with van der Waals surface area (Å²) < 4.78 is 5.32. The van der Waals surface area contributed by atoms with E-state index >= 15 is 0 Å². The molecule has 0 radical (unpaired) electrons. The van der Waals surface area contributed by atoms with E-state index in [1.165, 1.54) is 5.56 Å². The van der Waals surface area contributed by atoms with E-state index in [2.05, 4.69) is 31.3 Å². The van der Waals surface area contributed by atoms with Gasteiger partial charge in [-0.3, -0.25) is 9.59 Å². The summed E-state index contributed by atoms with van der Waals surface area (Å²) in [5.74, 6) is 2.05. The van der Waals surface area contributed by atoms with Crippen molar-refractivity contribution in [3.63, 3.8) is 0 Å². The molecule has 0 bridgehead atoms. The van der Waals surface area contributed by atoms with Crippen LogP contribution in [-0.2, 0) is 21.9 Å². The van der Waals surface area contributed by atoms with E-state index in [-0.39, 0.29) is 11.8 Å². The van der Waals surface area contributed by atoms with Gasteiger partial charge >= 0.3 is 0 Å². The van der Waals surface area contributed by atoms with E-state index < -0.39 is 6.04 Å². The number of ether oxygens (including phenoxy) is 1. The van der Waals surface area contributed by atoms with Crippen molar-refractivity contribution >= 4 is 23.6 Å². The zero-order valence-corrected chi connectivity index (χ0v) is 19.8. The standard InChI is InChI=1S/C25H34N2O3S/c1-5-23(25(29)26-15-19(2)3)27(16-21-12-9-13-22(14-21)30-4)24(28)18-31-17-20-10-7-6-8-11-20/h6-14,19,23H,5,15-18H2,1-4H3,(H,26,29)/t23-/m0/s1. The molecule has 0 saturated heterocycles. The molecule has 0 unspecified atom stereocenters. The molecule has 2 amide bonds. The third-order valence-electron chi connectivity index (χ3n) is 4.89. The van der Waals surface area contributed by atoms with Crippen molar-refractivity contribution < 1.29 is 14.3 Å². The topological polar surface area (TPSA) is 58.6 Å². The summed E-state index contributed by atoms with van der Waals surface area (Å²) in [6, 6.07) is 17.2. The number of amides is 2. The largest absolute Gasteiger partial charge is 0.497 e. The normalized spacial score (nSPS) is 11.8. The van der Waals surface area contributed by atoms with Gasteiger partial charge in [0.05, 0.1) is 12.9 Å². The number of nitrogens with one attached hydrogen (secondary N) is 1. The van der Waals surface area contributed by atoms with Crippen LogP contribution in [0, 0.1) is 5.92 Å². The minimum Gasteiger partial charge on any atom is -0.497 e. The Morgan fingerprint density at radius 3 is 2.42 bits per heavy atom. The van der Waals surface area contributed by atoms with E-state index in [1.54, 1.807) is 23.8 Å². The Morgan fingerprint density at radius 1 is 1.06 bits per heavy atom. The van der Waals surface area contributed by atoms with Crippen molar-refractivity contribution in [2.75, 3.05) is 19.4 Å². The summed E-state index contributed by atoms with van der Waals surface area (Å²) in [7, 11) is 1.62. The molecule has 0 aliphatic carbocycles. The highest BCUT2D eigenvalue weighted by Gasteiger charge is 2.28. The molecule has 0 spiro atoms. The van der Waals surface area contributed by atoms with E-state index in [9.17, 15) is 9.59 Å². The molecule has 0 aliphatic rings. The van der Waals surface area contributed by atoms with Gasteiger partial charge in [-0.05, 0) is 35.6 Å². The Hall–Kier alpha value is -2.47. The third-order valence-corrected chi connectivity index (χ3v) is 5.88. The second-order valence-corrected chi connectivity index (χ2v) is 8.90. The van der Waals surface area contributed by atoms with Crippen LogP contribution < -0.4 is 10.1 Å². The number of rotatable bonds is 12. The lowest BCUT2D eigenvalue weighted by atomic mass is 10.1. The van der Waals surface area contributed by atoms with Crippen LogP contribution in [0.5, 0.6) is 5.75 Å². The molecule has 0 heterocycles. The Kier molecular flexibility index (Phi) is 10.4. The number of methoxy groups -OCH3 is 1. The first-order valence-corrected chi connectivity index (χ1v) is 11.9. The van der Waals surface area contributed by atoms with Gasteiger partial charge in [-0.1, -0.05) is 63.2 Å². The maximum Gasteiger partial charge on any atom is 0.242 e. The molecule has 0 aliphatic heterocycles. The fraction of sp³-hybridized carbons (Fsp3) is 0.440. The summed E-state index contributed by atoms with van der Waals surface area (Å²) >= 11 is 1.57. The minimum absolute atomic E-state index is 0.0321. The highest BCUT2D eigenvalue weighted by molar-refractivity contribution is 7.99. The Bertz CT molecular complexity index is 827. The molecular formula is C25H34N2O3S. The number of carbonyl (C=O) groups is 2. The molecule has 5 nitrogen and oxygen atoms in total. The fourth-order valence-corrected chi connectivity index (χ4v) is 4.09. The van der Waals surface area contributed by atoms with Gasteiger partial charge in [-0.15, -0.1) is 11.8 Å². The average molecular weight is 443 g/mol. The van der Waals surface area contributed by atoms with Crippen molar-refractivity contribution in [3.05, 3.63) is 65.7 Å². The van der Waals surface area contributed by atoms with Gasteiger partial charge in [0.2, 0.25) is 11.8 Å². The third kappa shape index (κ3) is 8.29. The number of benzene rings is 2. The van der Waals surface area contributed by atoms with Crippen molar-refractivity contribution in [1.29, 1.82) is 0 Å². The fourth-order valence-electron chi connectivity index (χ4n) is 3.22. The summed E-state index contributed by atoms with van der Waals surface area (Å²) in [4.78, 5) is 27.8. The molecular weight excluding hydrogens is 408 g/mol.